The molecule has 2 fully saturated rings. The maximum Gasteiger partial charge on any atom is 0.257 e. The Labute approximate surface area is 146 Å². The van der Waals surface area contributed by atoms with Gasteiger partial charge in [0.25, 0.3) is 5.91 Å². The van der Waals surface area contributed by atoms with E-state index in [1.165, 1.54) is 12.8 Å². The Morgan fingerprint density at radius 2 is 2.12 bits per heavy atom. The Morgan fingerprint density at radius 1 is 1.28 bits per heavy atom. The van der Waals surface area contributed by atoms with Gasteiger partial charge in [0.2, 0.25) is 0 Å². The number of likely N-dealkylation sites (tertiary alicyclic amines) is 1. The minimum Gasteiger partial charge on any atom is -0.384 e. The number of carbonyl (C=O) groups excluding carboxylic acids is 1. The summed E-state index contributed by atoms with van der Waals surface area (Å²) >= 11 is 0. The van der Waals surface area contributed by atoms with Crippen molar-refractivity contribution in [2.24, 2.45) is 0 Å². The highest BCUT2D eigenvalue weighted by Crippen LogP contribution is 2.20. The molecule has 4 heterocycles. The number of ether oxygens (including phenoxy) is 1. The van der Waals surface area contributed by atoms with Crippen molar-refractivity contribution in [1.29, 1.82) is 0 Å². The maximum atomic E-state index is 13.0. The van der Waals surface area contributed by atoms with Crippen LogP contribution in [0.1, 0.15) is 23.2 Å². The number of pyridine rings is 1. The summed E-state index contributed by atoms with van der Waals surface area (Å²) in [5.41, 5.74) is 0.311. The highest BCUT2D eigenvalue weighted by atomic mass is 16.5. The van der Waals surface area contributed by atoms with E-state index >= 15 is 0 Å². The highest BCUT2D eigenvalue weighted by molar-refractivity contribution is 6.00. The molecular formula is C18H24N4O3. The van der Waals surface area contributed by atoms with Crippen molar-refractivity contribution in [2.45, 2.75) is 18.4 Å². The van der Waals surface area contributed by atoms with Gasteiger partial charge in [0.15, 0.2) is 0 Å². The number of amides is 1. The summed E-state index contributed by atoms with van der Waals surface area (Å²) < 4.78 is 7.31. The van der Waals surface area contributed by atoms with E-state index in [2.05, 4.69) is 10.00 Å². The number of fused-ring (bicyclic) bond motifs is 1. The standard InChI is InChI=1S/C18H24N4O3/c23-17(15-11-19-22-8-2-1-5-16(15)22)21-9-10-25-14-18(24,13-21)12-20-6-3-4-7-20/h1-2,5,8,11,24H,3-4,6-7,9-10,12-14H2/t18-/m0/s1. The van der Waals surface area contributed by atoms with Gasteiger partial charge in [-0.1, -0.05) is 6.07 Å². The van der Waals surface area contributed by atoms with Crippen LogP contribution >= 0.6 is 0 Å². The van der Waals surface area contributed by atoms with Gasteiger partial charge in [-0.2, -0.15) is 5.10 Å². The predicted molar refractivity (Wildman–Crippen MR) is 92.5 cm³/mol. The molecule has 2 aromatic rings. The van der Waals surface area contributed by atoms with Gasteiger partial charge in [0.1, 0.15) is 5.60 Å². The third-order valence-corrected chi connectivity index (χ3v) is 5.02. The van der Waals surface area contributed by atoms with Crippen LogP contribution in [0.5, 0.6) is 0 Å². The smallest absolute Gasteiger partial charge is 0.257 e. The molecule has 25 heavy (non-hydrogen) atoms. The van der Waals surface area contributed by atoms with Crippen molar-refractivity contribution in [3.8, 4) is 0 Å². The molecule has 1 N–H and O–H groups in total. The molecule has 0 unspecified atom stereocenters. The molecule has 7 nitrogen and oxygen atoms in total. The van der Waals surface area contributed by atoms with Gasteiger partial charge in [0, 0.05) is 19.3 Å². The van der Waals surface area contributed by atoms with Crippen molar-refractivity contribution < 1.29 is 14.6 Å². The van der Waals surface area contributed by atoms with Gasteiger partial charge in [-0.3, -0.25) is 4.79 Å². The van der Waals surface area contributed by atoms with Gasteiger partial charge < -0.3 is 19.6 Å². The summed E-state index contributed by atoms with van der Waals surface area (Å²) in [6, 6.07) is 5.65. The molecule has 2 aromatic heterocycles. The monoisotopic (exact) mass is 344 g/mol. The minimum absolute atomic E-state index is 0.105. The molecule has 0 aromatic carbocycles. The van der Waals surface area contributed by atoms with Gasteiger partial charge >= 0.3 is 0 Å². The summed E-state index contributed by atoms with van der Waals surface area (Å²) in [5, 5.41) is 15.3. The van der Waals surface area contributed by atoms with Gasteiger partial charge in [-0.25, -0.2) is 4.52 Å². The van der Waals surface area contributed by atoms with Crippen LogP contribution < -0.4 is 0 Å². The number of rotatable bonds is 3. The van der Waals surface area contributed by atoms with Gasteiger partial charge in [-0.15, -0.1) is 0 Å². The number of aromatic nitrogens is 2. The first-order valence-electron chi connectivity index (χ1n) is 8.89. The lowest BCUT2D eigenvalue weighted by Crippen LogP contribution is -2.53. The van der Waals surface area contributed by atoms with Crippen molar-refractivity contribution in [3.63, 3.8) is 0 Å². The van der Waals surface area contributed by atoms with E-state index in [1.54, 1.807) is 15.6 Å². The first-order valence-corrected chi connectivity index (χ1v) is 8.89. The Kier molecular flexibility index (Phi) is 4.45. The molecule has 1 atom stereocenters. The number of aliphatic hydroxyl groups is 1. The van der Waals surface area contributed by atoms with Crippen LogP contribution in [0.4, 0.5) is 0 Å². The summed E-state index contributed by atoms with van der Waals surface area (Å²) in [6.07, 6.45) is 5.76. The van der Waals surface area contributed by atoms with Gasteiger partial charge in [-0.05, 0) is 38.1 Å². The lowest BCUT2D eigenvalue weighted by Gasteiger charge is -2.33. The fraction of sp³-hybridized carbons (Fsp3) is 0.556. The second kappa shape index (κ2) is 6.74. The van der Waals surface area contributed by atoms with Crippen LogP contribution in [0.25, 0.3) is 5.52 Å². The highest BCUT2D eigenvalue weighted by Gasteiger charge is 2.37. The molecule has 7 heteroatoms. The van der Waals surface area contributed by atoms with Crippen LogP contribution in [0, 0.1) is 0 Å². The van der Waals surface area contributed by atoms with Crippen LogP contribution in [-0.2, 0) is 4.74 Å². The molecule has 134 valence electrons. The third-order valence-electron chi connectivity index (χ3n) is 5.02. The predicted octanol–water partition coefficient (Wildman–Crippen LogP) is 0.634. The largest absolute Gasteiger partial charge is 0.384 e. The fourth-order valence-electron chi connectivity index (χ4n) is 3.81. The van der Waals surface area contributed by atoms with Crippen molar-refractivity contribution in [1.82, 2.24) is 19.4 Å². The molecule has 2 aliphatic heterocycles. The Hall–Kier alpha value is -1.96. The zero-order chi connectivity index (χ0) is 17.3. The molecule has 2 aliphatic rings. The SMILES string of the molecule is O=C(c1cnn2ccccc12)N1CCOC[C@](O)(CN2CCCC2)C1. The molecule has 1 amide bonds. The van der Waals surface area contributed by atoms with E-state index in [9.17, 15) is 9.90 Å². The molecule has 0 aliphatic carbocycles. The van der Waals surface area contributed by atoms with Crippen molar-refractivity contribution in [2.75, 3.05) is 45.9 Å². The third kappa shape index (κ3) is 3.40. The average Bonchev–Trinajstić information content (AvgIpc) is 3.22. The maximum absolute atomic E-state index is 13.0. The Balaban J connectivity index is 1.54. The van der Waals surface area contributed by atoms with Crippen LogP contribution in [-0.4, -0.2) is 82.0 Å². The summed E-state index contributed by atoms with van der Waals surface area (Å²) in [5.74, 6) is -0.105. The molecular weight excluding hydrogens is 320 g/mol. The second-order valence-electron chi connectivity index (χ2n) is 7.08. The Morgan fingerprint density at radius 3 is 2.96 bits per heavy atom. The van der Waals surface area contributed by atoms with E-state index in [-0.39, 0.29) is 19.1 Å². The summed E-state index contributed by atoms with van der Waals surface area (Å²) in [4.78, 5) is 17.0. The first kappa shape index (κ1) is 16.5. The molecule has 0 spiro atoms. The Bertz CT molecular complexity index is 756. The minimum atomic E-state index is -1.03. The van der Waals surface area contributed by atoms with E-state index in [0.717, 1.165) is 18.6 Å². The topological polar surface area (TPSA) is 70.3 Å². The quantitative estimate of drug-likeness (QED) is 0.885. The van der Waals surface area contributed by atoms with Crippen LogP contribution in [0.3, 0.4) is 0 Å². The zero-order valence-electron chi connectivity index (χ0n) is 14.3. The average molecular weight is 344 g/mol. The number of nitrogens with zero attached hydrogens (tertiary/aromatic N) is 4. The molecule has 0 bridgehead atoms. The summed E-state index contributed by atoms with van der Waals surface area (Å²) in [7, 11) is 0. The summed E-state index contributed by atoms with van der Waals surface area (Å²) in [6.45, 7) is 4.02. The molecule has 0 radical (unpaired) electrons. The molecule has 2 saturated heterocycles. The normalized spacial score (nSPS) is 25.4. The fourth-order valence-corrected chi connectivity index (χ4v) is 3.81. The second-order valence-corrected chi connectivity index (χ2v) is 7.08. The lowest BCUT2D eigenvalue weighted by atomic mass is 10.0. The van der Waals surface area contributed by atoms with Crippen molar-refractivity contribution >= 4 is 11.4 Å². The van der Waals surface area contributed by atoms with E-state index < -0.39 is 5.60 Å². The number of β-amino-alcohol motifs (C(OH)–C–C–N with tert-alkyl or cyclic N) is 1. The van der Waals surface area contributed by atoms with E-state index in [0.29, 0.717) is 25.3 Å². The number of carbonyl (C=O) groups is 1. The van der Waals surface area contributed by atoms with E-state index in [1.807, 2.05) is 24.4 Å². The first-order chi connectivity index (χ1) is 12.1. The molecule has 0 saturated carbocycles. The van der Waals surface area contributed by atoms with Crippen LogP contribution in [0.2, 0.25) is 0 Å². The number of hydrogen-bond donors (Lipinski definition) is 1. The van der Waals surface area contributed by atoms with Crippen molar-refractivity contribution in [3.05, 3.63) is 36.2 Å². The lowest BCUT2D eigenvalue weighted by molar-refractivity contribution is -0.0524. The molecule has 4 rings (SSSR count). The zero-order valence-corrected chi connectivity index (χ0v) is 14.3. The van der Waals surface area contributed by atoms with E-state index in [4.69, 9.17) is 4.74 Å². The van der Waals surface area contributed by atoms with Crippen LogP contribution in [0.15, 0.2) is 30.6 Å². The number of hydrogen-bond acceptors (Lipinski definition) is 5. The van der Waals surface area contributed by atoms with Gasteiger partial charge in [0.05, 0.1) is 37.0 Å².